The van der Waals surface area contributed by atoms with Gasteiger partial charge in [-0.3, -0.25) is 14.9 Å². The number of benzene rings is 2. The maximum absolute atomic E-state index is 13.5. The number of non-ortho nitro benzene ring substituents is 1. The Morgan fingerprint density at radius 2 is 1.50 bits per heavy atom. The van der Waals surface area contributed by atoms with E-state index in [1.165, 1.54) is 30.1 Å². The smallest absolute Gasteiger partial charge is 0.338 e. The monoisotopic (exact) mass is 526 g/mol. The number of hydrogen-bond acceptors (Lipinski definition) is 5. The molecule has 2 aromatic carbocycles. The minimum absolute atomic E-state index is 0.154. The molecule has 0 fully saturated rings. The fraction of sp³-hybridized carbons (Fsp3) is 0.407. The van der Waals surface area contributed by atoms with Crippen molar-refractivity contribution in [1.29, 1.82) is 0 Å². The summed E-state index contributed by atoms with van der Waals surface area (Å²) in [5.74, 6) is -0.955. The Balaban J connectivity index is 2.90. The van der Waals surface area contributed by atoms with Crippen LogP contribution in [0.4, 0.5) is 5.69 Å². The van der Waals surface area contributed by atoms with Gasteiger partial charge in [0.2, 0.25) is 0 Å². The number of nitrogens with zero attached hydrogens (tertiary/aromatic N) is 1. The molecular formula is C27H38N2O5Si2. The molecule has 0 bridgehead atoms. The van der Waals surface area contributed by atoms with Crippen LogP contribution in [0, 0.1) is 10.1 Å². The van der Waals surface area contributed by atoms with E-state index in [4.69, 9.17) is 4.74 Å². The van der Waals surface area contributed by atoms with Crippen LogP contribution in [-0.4, -0.2) is 45.6 Å². The molecule has 0 aliphatic carbocycles. The first-order chi connectivity index (χ1) is 16.3. The third kappa shape index (κ3) is 7.24. The number of nitro groups is 1. The summed E-state index contributed by atoms with van der Waals surface area (Å²) in [6, 6.07) is 9.43. The Bertz CT molecular complexity index is 1200. The second kappa shape index (κ2) is 10.5. The Morgan fingerprint density at radius 1 is 0.917 bits per heavy atom. The van der Waals surface area contributed by atoms with Crippen molar-refractivity contribution in [2.24, 2.45) is 0 Å². The average molecular weight is 527 g/mol. The highest BCUT2D eigenvalue weighted by molar-refractivity contribution is 7.05. The highest BCUT2D eigenvalue weighted by Crippen LogP contribution is 2.34. The molecule has 194 valence electrons. The van der Waals surface area contributed by atoms with E-state index in [9.17, 15) is 19.7 Å². The lowest BCUT2D eigenvalue weighted by atomic mass is 9.92. The molecule has 0 aliphatic heterocycles. The van der Waals surface area contributed by atoms with Crippen LogP contribution in [0.5, 0.6) is 0 Å². The van der Waals surface area contributed by atoms with Crippen molar-refractivity contribution in [3.05, 3.63) is 68.0 Å². The molecule has 9 heteroatoms. The molecule has 7 nitrogen and oxygen atoms in total. The average Bonchev–Trinajstić information content (AvgIpc) is 2.73. The van der Waals surface area contributed by atoms with Crippen LogP contribution in [0.15, 0.2) is 41.2 Å². The summed E-state index contributed by atoms with van der Waals surface area (Å²) in [6.45, 7) is 19.6. The first kappa shape index (κ1) is 29.2. The summed E-state index contributed by atoms with van der Waals surface area (Å²) in [6.07, 6.45) is 2.21. The number of carbonyl (C=O) groups excluding carboxylic acids is 2. The Morgan fingerprint density at radius 3 is 1.97 bits per heavy atom. The van der Waals surface area contributed by atoms with Crippen LogP contribution in [0.2, 0.25) is 39.3 Å². The van der Waals surface area contributed by atoms with Gasteiger partial charge in [0.15, 0.2) is 0 Å². The summed E-state index contributed by atoms with van der Waals surface area (Å²) in [5, 5.41) is 14.5. The molecule has 0 unspecified atom stereocenters. The van der Waals surface area contributed by atoms with Crippen LogP contribution in [0.3, 0.4) is 0 Å². The van der Waals surface area contributed by atoms with Gasteiger partial charge in [-0.2, -0.15) is 0 Å². The summed E-state index contributed by atoms with van der Waals surface area (Å²) in [5.41, 5.74) is 1.42. The molecule has 0 aliphatic rings. The summed E-state index contributed by atoms with van der Waals surface area (Å²) in [4.78, 5) is 38.5. The van der Waals surface area contributed by atoms with Crippen molar-refractivity contribution >= 4 is 39.8 Å². The number of methoxy groups -OCH3 is 1. The van der Waals surface area contributed by atoms with E-state index in [1.54, 1.807) is 6.07 Å². The van der Waals surface area contributed by atoms with Crippen molar-refractivity contribution in [1.82, 2.24) is 5.32 Å². The van der Waals surface area contributed by atoms with Crippen molar-refractivity contribution in [3.8, 4) is 11.1 Å². The fourth-order valence-corrected chi connectivity index (χ4v) is 14.6. The third-order valence-electron chi connectivity index (χ3n) is 5.61. The summed E-state index contributed by atoms with van der Waals surface area (Å²) in [7, 11) is -2.00. The van der Waals surface area contributed by atoms with Gasteiger partial charge in [-0.1, -0.05) is 62.3 Å². The number of amides is 1. The summed E-state index contributed by atoms with van der Waals surface area (Å²) < 4.78 is 4.92. The lowest BCUT2D eigenvalue weighted by molar-refractivity contribution is -0.384. The van der Waals surface area contributed by atoms with E-state index in [0.717, 1.165) is 5.56 Å². The number of esters is 1. The predicted octanol–water partition coefficient (Wildman–Crippen LogP) is 6.71. The van der Waals surface area contributed by atoms with Crippen LogP contribution < -0.4 is 5.32 Å². The molecule has 0 radical (unpaired) electrons. The summed E-state index contributed by atoms with van der Waals surface area (Å²) >= 11 is 0. The van der Waals surface area contributed by atoms with E-state index in [0.29, 0.717) is 11.1 Å². The number of nitro benzene ring substituents is 1. The van der Waals surface area contributed by atoms with E-state index in [1.807, 2.05) is 32.9 Å². The van der Waals surface area contributed by atoms with E-state index < -0.39 is 32.6 Å². The zero-order chi connectivity index (χ0) is 27.6. The predicted molar refractivity (Wildman–Crippen MR) is 152 cm³/mol. The second-order valence-electron chi connectivity index (χ2n) is 12.0. The largest absolute Gasteiger partial charge is 0.465 e. The fourth-order valence-electron chi connectivity index (χ4n) is 4.36. The van der Waals surface area contributed by atoms with Crippen LogP contribution >= 0.6 is 0 Å². The Labute approximate surface area is 216 Å². The van der Waals surface area contributed by atoms with Crippen molar-refractivity contribution in [2.45, 2.75) is 65.6 Å². The van der Waals surface area contributed by atoms with Gasteiger partial charge < -0.3 is 10.1 Å². The van der Waals surface area contributed by atoms with Crippen LogP contribution in [0.25, 0.3) is 17.2 Å². The Kier molecular flexibility index (Phi) is 8.53. The third-order valence-corrected chi connectivity index (χ3v) is 13.6. The highest BCUT2D eigenvalue weighted by Gasteiger charge is 2.31. The molecular weight excluding hydrogens is 488 g/mol. The molecule has 0 aromatic heterocycles. The van der Waals surface area contributed by atoms with Gasteiger partial charge in [-0.25, -0.2) is 4.79 Å². The van der Waals surface area contributed by atoms with E-state index in [2.05, 4.69) is 50.7 Å². The standard InChI is InChI=1S/C27H38N2O5Si2/c1-27(2,3)28-25(30)23-15-18(16-24(35(5,6)7)36(8,9)10)11-13-20(23)22-17-19(29(32)33)12-14-21(22)26(31)34-4/h11-17H,1-10H3,(H,28,30). The normalized spacial score (nSPS) is 12.1. The van der Waals surface area contributed by atoms with Gasteiger partial charge in [0.1, 0.15) is 0 Å². The van der Waals surface area contributed by atoms with Crippen molar-refractivity contribution in [2.75, 3.05) is 7.11 Å². The number of nitrogens with one attached hydrogen (secondary N) is 1. The van der Waals surface area contributed by atoms with E-state index >= 15 is 0 Å². The van der Waals surface area contributed by atoms with Crippen molar-refractivity contribution in [3.63, 3.8) is 0 Å². The molecule has 1 amide bonds. The van der Waals surface area contributed by atoms with Gasteiger partial charge >= 0.3 is 5.97 Å². The lowest BCUT2D eigenvalue weighted by Crippen LogP contribution is -2.41. The zero-order valence-corrected chi connectivity index (χ0v) is 25.0. The lowest BCUT2D eigenvalue weighted by Gasteiger charge is -2.31. The van der Waals surface area contributed by atoms with Crippen molar-refractivity contribution < 1.29 is 19.2 Å². The van der Waals surface area contributed by atoms with Gasteiger partial charge in [0, 0.05) is 28.8 Å². The second-order valence-corrected chi connectivity index (χ2v) is 22.6. The first-order valence-electron chi connectivity index (χ1n) is 11.9. The molecule has 0 saturated carbocycles. The number of hydrogen-bond donors (Lipinski definition) is 1. The van der Waals surface area contributed by atoms with Crippen LogP contribution in [-0.2, 0) is 4.74 Å². The zero-order valence-electron chi connectivity index (χ0n) is 23.0. The Hall–Kier alpha value is -3.05. The minimum atomic E-state index is -1.63. The SMILES string of the molecule is COC(=O)c1ccc([N+](=O)[O-])cc1-c1ccc(C=C([Si](C)(C)C)[Si](C)(C)C)cc1C(=O)NC(C)(C)C. The molecule has 0 heterocycles. The quantitative estimate of drug-likeness (QED) is 0.187. The first-order valence-corrected chi connectivity index (χ1v) is 18.9. The van der Waals surface area contributed by atoms with Gasteiger partial charge in [-0.05, 0) is 44.0 Å². The molecule has 1 N–H and O–H groups in total. The molecule has 2 aromatic rings. The molecule has 0 spiro atoms. The molecule has 36 heavy (non-hydrogen) atoms. The molecule has 0 saturated heterocycles. The maximum atomic E-state index is 13.5. The van der Waals surface area contributed by atoms with E-state index in [-0.39, 0.29) is 22.7 Å². The van der Waals surface area contributed by atoms with Gasteiger partial charge in [-0.15, -0.1) is 0 Å². The van der Waals surface area contributed by atoms with Gasteiger partial charge in [0.25, 0.3) is 11.6 Å². The molecule has 2 rings (SSSR count). The topological polar surface area (TPSA) is 98.5 Å². The van der Waals surface area contributed by atoms with Crippen LogP contribution in [0.1, 0.15) is 47.1 Å². The maximum Gasteiger partial charge on any atom is 0.338 e. The number of ether oxygens (including phenoxy) is 1. The van der Waals surface area contributed by atoms with Gasteiger partial charge in [0.05, 0.1) is 33.7 Å². The molecule has 0 atom stereocenters. The minimum Gasteiger partial charge on any atom is -0.465 e. The highest BCUT2D eigenvalue weighted by atomic mass is 28.4. The number of rotatable bonds is 7. The number of carbonyl (C=O) groups is 2.